The van der Waals surface area contributed by atoms with Crippen LogP contribution < -0.4 is 5.32 Å². The third kappa shape index (κ3) is 3.94. The molecule has 2 rings (SSSR count). The maximum Gasteiger partial charge on any atom is 0.127 e. The van der Waals surface area contributed by atoms with Crippen molar-refractivity contribution in [1.82, 2.24) is 10.2 Å². The molecule has 0 amide bonds. The van der Waals surface area contributed by atoms with Crippen LogP contribution in [-0.4, -0.2) is 29.6 Å². The van der Waals surface area contributed by atoms with Gasteiger partial charge >= 0.3 is 0 Å². The van der Waals surface area contributed by atoms with Crippen molar-refractivity contribution >= 4 is 11.6 Å². The number of nitrogens with zero attached hydrogens (tertiary/aromatic N) is 1. The summed E-state index contributed by atoms with van der Waals surface area (Å²) >= 11 is 5.99. The first-order valence-corrected chi connectivity index (χ1v) is 7.72. The number of rotatable bonds is 4. The molecule has 1 aromatic rings. The highest BCUT2D eigenvalue weighted by molar-refractivity contribution is 6.30. The molecule has 1 saturated heterocycles. The van der Waals surface area contributed by atoms with E-state index in [1.165, 1.54) is 6.07 Å². The van der Waals surface area contributed by atoms with E-state index in [9.17, 15) is 4.39 Å². The minimum Gasteiger partial charge on any atom is -0.309 e. The van der Waals surface area contributed by atoms with E-state index in [1.54, 1.807) is 12.1 Å². The number of halogens is 2. The Morgan fingerprint density at radius 2 is 2.20 bits per heavy atom. The fourth-order valence-electron chi connectivity index (χ4n) is 2.90. The summed E-state index contributed by atoms with van der Waals surface area (Å²) in [6.45, 7) is 9.08. The summed E-state index contributed by atoms with van der Waals surface area (Å²) in [5.41, 5.74) is 0.760. The molecule has 1 heterocycles. The second kappa shape index (κ2) is 6.42. The Hall–Kier alpha value is -0.640. The lowest BCUT2D eigenvalue weighted by molar-refractivity contribution is 0.0816. The molecule has 0 aromatic heterocycles. The Labute approximate surface area is 126 Å². The van der Waals surface area contributed by atoms with E-state index in [0.717, 1.165) is 25.9 Å². The molecule has 1 N–H and O–H groups in total. The quantitative estimate of drug-likeness (QED) is 0.909. The van der Waals surface area contributed by atoms with Gasteiger partial charge in [-0.05, 0) is 38.5 Å². The normalized spacial score (nSPS) is 22.9. The van der Waals surface area contributed by atoms with Crippen LogP contribution in [0.3, 0.4) is 0 Å². The Balaban J connectivity index is 2.16. The molecule has 1 fully saturated rings. The molecule has 0 aliphatic carbocycles. The lowest BCUT2D eigenvalue weighted by Gasteiger charge is -2.44. The fourth-order valence-corrected chi connectivity index (χ4v) is 3.10. The molecule has 0 saturated carbocycles. The van der Waals surface area contributed by atoms with Gasteiger partial charge in [0.05, 0.1) is 0 Å². The summed E-state index contributed by atoms with van der Waals surface area (Å²) in [6.07, 6.45) is 2.27. The molecule has 0 spiro atoms. The maximum absolute atomic E-state index is 13.9. The molecule has 1 unspecified atom stereocenters. The molecule has 1 aromatic carbocycles. The van der Waals surface area contributed by atoms with E-state index in [0.29, 0.717) is 23.2 Å². The van der Waals surface area contributed by atoms with Crippen molar-refractivity contribution in [1.29, 1.82) is 0 Å². The van der Waals surface area contributed by atoms with Crippen molar-refractivity contribution in [3.05, 3.63) is 34.6 Å². The van der Waals surface area contributed by atoms with E-state index in [1.807, 2.05) is 0 Å². The van der Waals surface area contributed by atoms with Crippen molar-refractivity contribution in [2.75, 3.05) is 13.1 Å². The van der Waals surface area contributed by atoms with Gasteiger partial charge in [-0.15, -0.1) is 0 Å². The van der Waals surface area contributed by atoms with Crippen molar-refractivity contribution in [3.8, 4) is 0 Å². The molecule has 112 valence electrons. The van der Waals surface area contributed by atoms with Crippen LogP contribution in [0.15, 0.2) is 18.2 Å². The van der Waals surface area contributed by atoms with Gasteiger partial charge in [-0.1, -0.05) is 24.9 Å². The van der Waals surface area contributed by atoms with Crippen LogP contribution >= 0.6 is 11.6 Å². The maximum atomic E-state index is 13.9. The molecule has 0 radical (unpaired) electrons. The summed E-state index contributed by atoms with van der Waals surface area (Å²) in [5, 5.41) is 4.17. The summed E-state index contributed by atoms with van der Waals surface area (Å²) in [5.74, 6) is -0.166. The third-order valence-electron chi connectivity index (χ3n) is 3.93. The van der Waals surface area contributed by atoms with Crippen molar-refractivity contribution in [2.24, 2.45) is 0 Å². The van der Waals surface area contributed by atoms with Crippen molar-refractivity contribution in [3.63, 3.8) is 0 Å². The lowest BCUT2D eigenvalue weighted by atomic mass is 9.96. The molecule has 20 heavy (non-hydrogen) atoms. The number of nitrogens with one attached hydrogen (secondary N) is 1. The Kier molecular flexibility index (Phi) is 5.05. The Morgan fingerprint density at radius 1 is 1.45 bits per heavy atom. The van der Waals surface area contributed by atoms with Crippen LogP contribution in [0.25, 0.3) is 0 Å². The predicted octanol–water partition coefficient (Wildman–Crippen LogP) is 3.83. The summed E-state index contributed by atoms with van der Waals surface area (Å²) in [6, 6.07) is 5.27. The number of hydrogen-bond donors (Lipinski definition) is 1. The minimum atomic E-state index is -0.166. The van der Waals surface area contributed by atoms with Gasteiger partial charge < -0.3 is 5.32 Å². The summed E-state index contributed by atoms with van der Waals surface area (Å²) in [7, 11) is 0. The van der Waals surface area contributed by atoms with Gasteiger partial charge in [-0.3, -0.25) is 4.90 Å². The van der Waals surface area contributed by atoms with Crippen LogP contribution in [0, 0.1) is 5.82 Å². The standard InChI is InChI=1S/C16H24ClFN2/c1-4-5-14-9-19-16(2,3)11-20(14)10-12-8-13(17)6-7-15(12)18/h6-8,14,19H,4-5,9-11H2,1-3H3. The first-order valence-electron chi connectivity index (χ1n) is 7.34. The van der Waals surface area contributed by atoms with E-state index < -0.39 is 0 Å². The van der Waals surface area contributed by atoms with Gasteiger partial charge in [-0.25, -0.2) is 4.39 Å². The molecule has 4 heteroatoms. The average molecular weight is 299 g/mol. The van der Waals surface area contributed by atoms with Crippen molar-refractivity contribution in [2.45, 2.75) is 51.7 Å². The van der Waals surface area contributed by atoms with Gasteiger partial charge in [0.15, 0.2) is 0 Å². The first kappa shape index (κ1) is 15.7. The number of benzene rings is 1. The van der Waals surface area contributed by atoms with Crippen LogP contribution in [0.5, 0.6) is 0 Å². The molecular weight excluding hydrogens is 275 g/mol. The highest BCUT2D eigenvalue weighted by Crippen LogP contribution is 2.23. The zero-order chi connectivity index (χ0) is 14.8. The molecule has 2 nitrogen and oxygen atoms in total. The van der Waals surface area contributed by atoms with Crippen LogP contribution in [0.1, 0.15) is 39.2 Å². The molecule has 1 aliphatic heterocycles. The first-order chi connectivity index (χ1) is 9.41. The summed E-state index contributed by atoms with van der Waals surface area (Å²) < 4.78 is 13.9. The lowest BCUT2D eigenvalue weighted by Crippen LogP contribution is -2.61. The molecule has 0 bridgehead atoms. The monoisotopic (exact) mass is 298 g/mol. The highest BCUT2D eigenvalue weighted by atomic mass is 35.5. The fraction of sp³-hybridized carbons (Fsp3) is 0.625. The van der Waals surface area contributed by atoms with Crippen LogP contribution in [-0.2, 0) is 6.54 Å². The van der Waals surface area contributed by atoms with Crippen LogP contribution in [0.2, 0.25) is 5.02 Å². The molecular formula is C16H24ClFN2. The van der Waals surface area contributed by atoms with E-state index in [-0.39, 0.29) is 11.4 Å². The third-order valence-corrected chi connectivity index (χ3v) is 4.17. The van der Waals surface area contributed by atoms with E-state index in [4.69, 9.17) is 11.6 Å². The largest absolute Gasteiger partial charge is 0.309 e. The van der Waals surface area contributed by atoms with Gasteiger partial charge in [-0.2, -0.15) is 0 Å². The molecule has 1 atom stereocenters. The Morgan fingerprint density at radius 3 is 2.90 bits per heavy atom. The highest BCUT2D eigenvalue weighted by Gasteiger charge is 2.32. The smallest absolute Gasteiger partial charge is 0.127 e. The van der Waals surface area contributed by atoms with Gasteiger partial charge in [0.25, 0.3) is 0 Å². The average Bonchev–Trinajstić information content (AvgIpc) is 2.37. The molecule has 1 aliphatic rings. The number of piperazine rings is 1. The van der Waals surface area contributed by atoms with E-state index >= 15 is 0 Å². The number of hydrogen-bond acceptors (Lipinski definition) is 2. The summed E-state index contributed by atoms with van der Waals surface area (Å²) in [4.78, 5) is 2.38. The van der Waals surface area contributed by atoms with Gasteiger partial charge in [0.2, 0.25) is 0 Å². The van der Waals surface area contributed by atoms with E-state index in [2.05, 4.69) is 31.0 Å². The van der Waals surface area contributed by atoms with Gasteiger partial charge in [0.1, 0.15) is 5.82 Å². The minimum absolute atomic E-state index is 0.0687. The second-order valence-electron chi connectivity index (χ2n) is 6.35. The second-order valence-corrected chi connectivity index (χ2v) is 6.78. The zero-order valence-corrected chi connectivity index (χ0v) is 13.3. The SMILES string of the molecule is CCCC1CNC(C)(C)CN1Cc1cc(Cl)ccc1F. The Bertz CT molecular complexity index is 462. The topological polar surface area (TPSA) is 15.3 Å². The predicted molar refractivity (Wildman–Crippen MR) is 82.6 cm³/mol. The van der Waals surface area contributed by atoms with Crippen LogP contribution in [0.4, 0.5) is 4.39 Å². The van der Waals surface area contributed by atoms with Crippen molar-refractivity contribution < 1.29 is 4.39 Å². The zero-order valence-electron chi connectivity index (χ0n) is 12.5. The van der Waals surface area contributed by atoms with Gasteiger partial charge in [0, 0.05) is 41.8 Å².